The monoisotopic (exact) mass is 723 g/mol. The lowest BCUT2D eigenvalue weighted by molar-refractivity contribution is -0.139. The molecular weight excluding hydrogens is 653 g/mol. The van der Waals surface area contributed by atoms with Crippen molar-refractivity contribution in [2.45, 2.75) is 152 Å². The molecule has 1 saturated carbocycles. The van der Waals surface area contributed by atoms with Crippen molar-refractivity contribution in [3.05, 3.63) is 22.6 Å². The smallest absolute Gasteiger partial charge is 0.315 e. The topological polar surface area (TPSA) is 163 Å². The Morgan fingerprint density at radius 2 is 1.60 bits per heavy atom. The van der Waals surface area contributed by atoms with Crippen LogP contribution in [-0.2, 0) is 19.2 Å². The first-order valence-electron chi connectivity index (χ1n) is 18.6. The Balaban J connectivity index is 0.000000936. The van der Waals surface area contributed by atoms with Crippen LogP contribution in [0.15, 0.2) is 22.6 Å². The molecule has 50 heavy (non-hydrogen) atoms. The average molecular weight is 723 g/mol. The van der Waals surface area contributed by atoms with Gasteiger partial charge in [-0.25, -0.2) is 4.79 Å². The highest BCUT2D eigenvalue weighted by Crippen LogP contribution is 2.31. The number of carbonyl (C=O) groups is 5. The first-order chi connectivity index (χ1) is 23.4. The zero-order valence-corrected chi connectivity index (χ0v) is 33.8. The maximum Gasteiger partial charge on any atom is 0.315 e. The van der Waals surface area contributed by atoms with Gasteiger partial charge < -0.3 is 31.9 Å². The van der Waals surface area contributed by atoms with Gasteiger partial charge in [-0.1, -0.05) is 93.7 Å². The van der Waals surface area contributed by atoms with Crippen molar-refractivity contribution in [3.63, 3.8) is 0 Å². The molecule has 2 rings (SSSR count). The van der Waals surface area contributed by atoms with E-state index in [-0.39, 0.29) is 34.9 Å². The SMILES string of the molecule is C/C=C\C(CNCC(NC(=O)NC(C)C(C)(C)C)C(C)(C)CC)=C(\S)CC.CC.NC(=O)C(=O)C(CC1CCC1)NC(=O)C1CCCN1C=O. The highest BCUT2D eigenvalue weighted by molar-refractivity contribution is 7.84. The van der Waals surface area contributed by atoms with Gasteiger partial charge in [0.1, 0.15) is 6.04 Å². The molecule has 5 amide bonds. The third kappa shape index (κ3) is 16.4. The molecular formula is C38H70N6O5S. The summed E-state index contributed by atoms with van der Waals surface area (Å²) < 4.78 is 0. The number of thiol groups is 1. The van der Waals surface area contributed by atoms with Crippen LogP contribution < -0.4 is 27.0 Å². The number of rotatable bonds is 17. The molecule has 4 unspecified atom stereocenters. The van der Waals surface area contributed by atoms with E-state index in [1.54, 1.807) is 0 Å². The minimum absolute atomic E-state index is 0.00562. The van der Waals surface area contributed by atoms with Crippen molar-refractivity contribution in [2.75, 3.05) is 19.6 Å². The number of hydrogen-bond acceptors (Lipinski definition) is 7. The second kappa shape index (κ2) is 23.6. The minimum Gasteiger partial charge on any atom is -0.363 e. The van der Waals surface area contributed by atoms with Crippen molar-refractivity contribution >= 4 is 42.7 Å². The van der Waals surface area contributed by atoms with Crippen LogP contribution in [0.5, 0.6) is 0 Å². The highest BCUT2D eigenvalue weighted by Gasteiger charge is 2.35. The number of nitrogens with two attached hydrogens (primary N) is 1. The van der Waals surface area contributed by atoms with Crippen molar-refractivity contribution in [2.24, 2.45) is 22.5 Å². The number of nitrogens with one attached hydrogen (secondary N) is 4. The fraction of sp³-hybridized carbons (Fsp3) is 0.763. The van der Waals surface area contributed by atoms with Gasteiger partial charge in [-0.15, -0.1) is 12.6 Å². The van der Waals surface area contributed by atoms with Gasteiger partial charge in [-0.3, -0.25) is 19.2 Å². The number of nitrogens with zero attached hydrogens (tertiary/aromatic N) is 1. The van der Waals surface area contributed by atoms with Crippen molar-refractivity contribution < 1.29 is 24.0 Å². The summed E-state index contributed by atoms with van der Waals surface area (Å²) in [5.74, 6) is -1.81. The molecule has 1 aliphatic heterocycles. The van der Waals surface area contributed by atoms with Crippen molar-refractivity contribution in [3.8, 4) is 0 Å². The molecule has 1 aliphatic carbocycles. The molecule has 288 valence electrons. The molecule has 6 N–H and O–H groups in total. The van der Waals surface area contributed by atoms with Crippen molar-refractivity contribution in [1.29, 1.82) is 0 Å². The minimum atomic E-state index is -1.03. The van der Waals surface area contributed by atoms with Crippen LogP contribution in [0, 0.1) is 16.7 Å². The predicted molar refractivity (Wildman–Crippen MR) is 208 cm³/mol. The lowest BCUT2D eigenvalue weighted by Crippen LogP contribution is -2.56. The van der Waals surface area contributed by atoms with E-state index in [1.165, 1.54) is 10.5 Å². The van der Waals surface area contributed by atoms with Crippen molar-refractivity contribution in [1.82, 2.24) is 26.2 Å². The summed E-state index contributed by atoms with van der Waals surface area (Å²) in [6.45, 7) is 25.1. The summed E-state index contributed by atoms with van der Waals surface area (Å²) in [5.41, 5.74) is 6.27. The van der Waals surface area contributed by atoms with E-state index in [4.69, 9.17) is 5.73 Å². The Morgan fingerprint density at radius 1 is 0.980 bits per heavy atom. The summed E-state index contributed by atoms with van der Waals surface area (Å²) >= 11 is 4.59. The van der Waals surface area contributed by atoms with Gasteiger partial charge in [0, 0.05) is 31.7 Å². The Labute approximate surface area is 308 Å². The summed E-state index contributed by atoms with van der Waals surface area (Å²) in [4.78, 5) is 61.1. The first-order valence-corrected chi connectivity index (χ1v) is 19.0. The van der Waals surface area contributed by atoms with Gasteiger partial charge in [0.15, 0.2) is 0 Å². The second-order valence-corrected chi connectivity index (χ2v) is 15.4. The van der Waals surface area contributed by atoms with Gasteiger partial charge in [0.2, 0.25) is 18.1 Å². The van der Waals surface area contributed by atoms with E-state index in [0.29, 0.717) is 38.3 Å². The van der Waals surface area contributed by atoms with Gasteiger partial charge in [-0.2, -0.15) is 0 Å². The fourth-order valence-corrected chi connectivity index (χ4v) is 5.50. The molecule has 0 bridgehead atoms. The van der Waals surface area contributed by atoms with Crippen LogP contribution in [0.1, 0.15) is 128 Å². The Morgan fingerprint density at radius 3 is 2.06 bits per heavy atom. The Hall–Kier alpha value is -2.86. The number of amides is 5. The van der Waals surface area contributed by atoms with E-state index >= 15 is 0 Å². The first kappa shape index (κ1) is 47.1. The summed E-state index contributed by atoms with van der Waals surface area (Å²) in [5, 5.41) is 12.4. The van der Waals surface area contributed by atoms with Gasteiger partial charge in [0.05, 0.1) is 6.04 Å². The maximum absolute atomic E-state index is 12.5. The molecule has 4 atom stereocenters. The summed E-state index contributed by atoms with van der Waals surface area (Å²) in [6.07, 6.45) is 11.6. The summed E-state index contributed by atoms with van der Waals surface area (Å²) in [7, 11) is 0. The van der Waals surface area contributed by atoms with E-state index < -0.39 is 23.8 Å². The normalized spacial score (nSPS) is 18.6. The lowest BCUT2D eigenvalue weighted by atomic mass is 9.80. The summed E-state index contributed by atoms with van der Waals surface area (Å²) in [6, 6.07) is -1.39. The van der Waals surface area contributed by atoms with Crippen LogP contribution in [0.25, 0.3) is 0 Å². The van der Waals surface area contributed by atoms with Gasteiger partial charge in [0.25, 0.3) is 5.91 Å². The zero-order valence-electron chi connectivity index (χ0n) is 32.9. The quantitative estimate of drug-likeness (QED) is 0.0492. The number of urea groups is 1. The maximum atomic E-state index is 12.5. The number of primary amides is 1. The molecule has 2 fully saturated rings. The Kier molecular flexibility index (Phi) is 22.2. The molecule has 2 aliphatic rings. The van der Waals surface area contributed by atoms with E-state index in [2.05, 4.69) is 88.4 Å². The zero-order chi connectivity index (χ0) is 38.7. The fourth-order valence-electron chi connectivity index (χ4n) is 5.35. The van der Waals surface area contributed by atoms with Gasteiger partial charge in [-0.05, 0) is 73.2 Å². The number of Topliss-reactive ketones (excluding diaryl/α,β-unsaturated/α-hetero) is 1. The molecule has 11 nitrogen and oxygen atoms in total. The van der Waals surface area contributed by atoms with Crippen LogP contribution >= 0.6 is 12.6 Å². The number of likely N-dealkylation sites (tertiary alicyclic amines) is 1. The van der Waals surface area contributed by atoms with E-state index in [9.17, 15) is 24.0 Å². The van der Waals surface area contributed by atoms with E-state index in [0.717, 1.165) is 50.0 Å². The number of hydrogen-bond donors (Lipinski definition) is 6. The molecule has 0 aromatic rings. The number of ketones is 1. The van der Waals surface area contributed by atoms with Gasteiger partial charge >= 0.3 is 6.03 Å². The van der Waals surface area contributed by atoms with Crippen LogP contribution in [0.2, 0.25) is 0 Å². The number of allylic oxidation sites excluding steroid dienone is 2. The molecule has 12 heteroatoms. The lowest BCUT2D eigenvalue weighted by Gasteiger charge is -2.36. The third-order valence-corrected chi connectivity index (χ3v) is 10.5. The van der Waals surface area contributed by atoms with Crippen LogP contribution in [-0.4, -0.2) is 78.7 Å². The molecule has 0 radical (unpaired) electrons. The largest absolute Gasteiger partial charge is 0.363 e. The average Bonchev–Trinajstić information content (AvgIpc) is 3.54. The molecule has 1 heterocycles. The Bertz CT molecular complexity index is 1150. The van der Waals surface area contributed by atoms with E-state index in [1.807, 2.05) is 33.8 Å². The number of carbonyl (C=O) groups excluding carboxylic acids is 5. The standard InChI is InChI=1S/C22H43N3OS.C14H21N3O4.C2H6/c1-10-13-17(18(27)11-2)14-23-15-19(22(8,9)12-3)25-20(26)24-16(4)21(5,6)7;15-13(20)12(19)10(7-9-3-1-4-9)16-14(21)11-5-2-6-17(11)8-18;1-2/h10,13,16,19,23,27H,11-12,14-15H2,1-9H3,(H2,24,25,26);8-11H,1-7H2,(H2,15,20)(H,16,21);1-2H3/b13-10-,18-17-;;. The molecule has 0 aromatic heterocycles. The molecule has 1 saturated heterocycles. The molecule has 0 aromatic carbocycles. The highest BCUT2D eigenvalue weighted by atomic mass is 32.1. The van der Waals surface area contributed by atoms with Crippen LogP contribution in [0.3, 0.4) is 0 Å². The second-order valence-electron chi connectivity index (χ2n) is 14.9. The van der Waals surface area contributed by atoms with Crippen LogP contribution in [0.4, 0.5) is 4.79 Å². The third-order valence-electron chi connectivity index (χ3n) is 9.95. The molecule has 0 spiro atoms. The predicted octanol–water partition coefficient (Wildman–Crippen LogP) is 5.65.